The van der Waals surface area contributed by atoms with Crippen LogP contribution in [-0.4, -0.2) is 17.8 Å². The van der Waals surface area contributed by atoms with Gasteiger partial charge in [0.05, 0.1) is 18.3 Å². The predicted molar refractivity (Wildman–Crippen MR) is 74.7 cm³/mol. The van der Waals surface area contributed by atoms with Gasteiger partial charge in [0.15, 0.2) is 0 Å². The zero-order valence-corrected chi connectivity index (χ0v) is 10.6. The van der Waals surface area contributed by atoms with Crippen molar-refractivity contribution in [1.82, 2.24) is 0 Å². The number of aliphatic hydroxyl groups is 1. The first-order valence-electron chi connectivity index (χ1n) is 6.55. The standard InChI is InChI=1S/C16H17NO2/c18-12-15-11-16(13-7-3-1-4-8-13)17(19-15)14-9-5-2-6-10-14/h1-10,15-16,18H,11-12H2/t15-,16-/m0/s1. The van der Waals surface area contributed by atoms with E-state index in [1.54, 1.807) is 0 Å². The molecule has 3 nitrogen and oxygen atoms in total. The first-order chi connectivity index (χ1) is 9.38. The Bertz CT molecular complexity index is 467. The largest absolute Gasteiger partial charge is 0.394 e. The number of hydrogen-bond donors (Lipinski definition) is 1. The van der Waals surface area contributed by atoms with Crippen molar-refractivity contribution in [3.05, 3.63) is 66.2 Å². The smallest absolute Gasteiger partial charge is 0.111 e. The summed E-state index contributed by atoms with van der Waals surface area (Å²) in [6.07, 6.45) is 0.667. The molecule has 0 amide bonds. The number of hydroxylamine groups is 1. The molecule has 19 heavy (non-hydrogen) atoms. The third-order valence-corrected chi connectivity index (χ3v) is 3.43. The van der Waals surface area contributed by atoms with Gasteiger partial charge in [-0.25, -0.2) is 5.06 Å². The van der Waals surface area contributed by atoms with Crippen molar-refractivity contribution >= 4 is 5.69 Å². The molecule has 3 rings (SSSR count). The second kappa shape index (κ2) is 5.43. The fourth-order valence-electron chi connectivity index (χ4n) is 2.49. The van der Waals surface area contributed by atoms with Gasteiger partial charge in [-0.3, -0.25) is 4.84 Å². The summed E-state index contributed by atoms with van der Waals surface area (Å²) in [5.74, 6) is 0. The fraction of sp³-hybridized carbons (Fsp3) is 0.250. The van der Waals surface area contributed by atoms with Crippen molar-refractivity contribution < 1.29 is 9.94 Å². The van der Waals surface area contributed by atoms with Gasteiger partial charge < -0.3 is 5.11 Å². The lowest BCUT2D eigenvalue weighted by molar-refractivity contribution is 0.0406. The van der Waals surface area contributed by atoms with E-state index in [9.17, 15) is 5.11 Å². The van der Waals surface area contributed by atoms with Crippen molar-refractivity contribution in [3.8, 4) is 0 Å². The van der Waals surface area contributed by atoms with Crippen LogP contribution in [0.5, 0.6) is 0 Å². The molecule has 0 radical (unpaired) electrons. The van der Waals surface area contributed by atoms with Crippen molar-refractivity contribution in [1.29, 1.82) is 0 Å². The molecule has 0 saturated carbocycles. The zero-order valence-electron chi connectivity index (χ0n) is 10.6. The molecular formula is C16H17NO2. The van der Waals surface area contributed by atoms with Crippen LogP contribution < -0.4 is 5.06 Å². The molecule has 0 spiro atoms. The normalized spacial score (nSPS) is 22.7. The van der Waals surface area contributed by atoms with E-state index in [1.165, 1.54) is 5.56 Å². The summed E-state index contributed by atoms with van der Waals surface area (Å²) in [5, 5.41) is 11.3. The number of aliphatic hydroxyl groups excluding tert-OH is 1. The molecule has 1 heterocycles. The first kappa shape index (κ1) is 12.2. The lowest BCUT2D eigenvalue weighted by Gasteiger charge is -2.25. The number of nitrogens with zero attached hydrogens (tertiary/aromatic N) is 1. The summed E-state index contributed by atoms with van der Waals surface area (Å²) in [7, 11) is 0. The predicted octanol–water partition coefficient (Wildman–Crippen LogP) is 2.93. The highest BCUT2D eigenvalue weighted by Crippen LogP contribution is 2.37. The van der Waals surface area contributed by atoms with E-state index in [2.05, 4.69) is 12.1 Å². The highest BCUT2D eigenvalue weighted by atomic mass is 16.7. The monoisotopic (exact) mass is 255 g/mol. The molecule has 0 bridgehead atoms. The Labute approximate surface area is 113 Å². The van der Waals surface area contributed by atoms with Gasteiger partial charge in [-0.2, -0.15) is 0 Å². The van der Waals surface area contributed by atoms with Crippen LogP contribution >= 0.6 is 0 Å². The van der Waals surface area contributed by atoms with E-state index >= 15 is 0 Å². The average Bonchev–Trinajstić information content (AvgIpc) is 2.93. The van der Waals surface area contributed by atoms with Gasteiger partial charge in [-0.1, -0.05) is 48.5 Å². The van der Waals surface area contributed by atoms with Crippen molar-refractivity contribution in [2.75, 3.05) is 11.7 Å². The van der Waals surface area contributed by atoms with E-state index in [4.69, 9.17) is 4.84 Å². The zero-order chi connectivity index (χ0) is 13.1. The summed E-state index contributed by atoms with van der Waals surface area (Å²) < 4.78 is 0. The molecule has 1 saturated heterocycles. The number of benzene rings is 2. The Balaban J connectivity index is 1.92. The molecule has 0 unspecified atom stereocenters. The third kappa shape index (κ3) is 2.48. The Hall–Kier alpha value is -1.84. The van der Waals surface area contributed by atoms with E-state index in [-0.39, 0.29) is 18.8 Å². The van der Waals surface area contributed by atoms with Gasteiger partial charge in [-0.15, -0.1) is 0 Å². The number of rotatable bonds is 3. The topological polar surface area (TPSA) is 32.7 Å². The second-order valence-electron chi connectivity index (χ2n) is 4.73. The minimum atomic E-state index is -0.134. The van der Waals surface area contributed by atoms with Gasteiger partial charge in [0, 0.05) is 6.42 Å². The molecule has 1 aliphatic heterocycles. The summed E-state index contributed by atoms with van der Waals surface area (Å²) in [6.45, 7) is 0.0483. The molecular weight excluding hydrogens is 238 g/mol. The average molecular weight is 255 g/mol. The molecule has 0 aromatic heterocycles. The van der Waals surface area contributed by atoms with Crippen LogP contribution in [0.2, 0.25) is 0 Å². The van der Waals surface area contributed by atoms with Crippen molar-refractivity contribution in [2.45, 2.75) is 18.6 Å². The molecule has 2 aromatic rings. The SMILES string of the molecule is OC[C@@H]1C[C@@H](c2ccccc2)N(c2ccccc2)O1. The van der Waals surface area contributed by atoms with E-state index in [0.29, 0.717) is 0 Å². The Kier molecular flexibility index (Phi) is 3.49. The highest BCUT2D eigenvalue weighted by molar-refractivity contribution is 5.47. The van der Waals surface area contributed by atoms with Crippen molar-refractivity contribution in [3.63, 3.8) is 0 Å². The Morgan fingerprint density at radius 3 is 2.26 bits per heavy atom. The van der Waals surface area contributed by atoms with E-state index in [1.807, 2.05) is 53.6 Å². The molecule has 1 N–H and O–H groups in total. The van der Waals surface area contributed by atoms with Gasteiger partial charge in [-0.05, 0) is 17.7 Å². The molecule has 1 aliphatic rings. The van der Waals surface area contributed by atoms with Crippen LogP contribution in [-0.2, 0) is 4.84 Å². The molecule has 98 valence electrons. The number of para-hydroxylation sites is 1. The molecule has 0 aliphatic carbocycles. The van der Waals surface area contributed by atoms with E-state index in [0.717, 1.165) is 12.1 Å². The second-order valence-corrected chi connectivity index (χ2v) is 4.73. The van der Waals surface area contributed by atoms with Crippen LogP contribution in [0.4, 0.5) is 5.69 Å². The summed E-state index contributed by atoms with van der Waals surface area (Å²) in [6, 6.07) is 20.4. The van der Waals surface area contributed by atoms with Crippen LogP contribution in [0.3, 0.4) is 0 Å². The maximum Gasteiger partial charge on any atom is 0.111 e. The maximum absolute atomic E-state index is 9.34. The molecule has 2 atom stereocenters. The number of anilines is 1. The van der Waals surface area contributed by atoms with Crippen LogP contribution in [0.15, 0.2) is 60.7 Å². The molecule has 1 fully saturated rings. The minimum absolute atomic E-state index is 0.0483. The van der Waals surface area contributed by atoms with Gasteiger partial charge >= 0.3 is 0 Å². The van der Waals surface area contributed by atoms with Gasteiger partial charge in [0.25, 0.3) is 0 Å². The van der Waals surface area contributed by atoms with Crippen molar-refractivity contribution in [2.24, 2.45) is 0 Å². The first-order valence-corrected chi connectivity index (χ1v) is 6.55. The Morgan fingerprint density at radius 2 is 1.63 bits per heavy atom. The maximum atomic E-state index is 9.34. The van der Waals surface area contributed by atoms with Gasteiger partial charge in [0.2, 0.25) is 0 Å². The molecule has 3 heteroatoms. The van der Waals surface area contributed by atoms with Crippen LogP contribution in [0.25, 0.3) is 0 Å². The summed E-state index contributed by atoms with van der Waals surface area (Å²) in [5.41, 5.74) is 2.23. The Morgan fingerprint density at radius 1 is 1.00 bits per heavy atom. The quantitative estimate of drug-likeness (QED) is 0.915. The minimum Gasteiger partial charge on any atom is -0.394 e. The van der Waals surface area contributed by atoms with E-state index < -0.39 is 0 Å². The van der Waals surface area contributed by atoms with Crippen LogP contribution in [0.1, 0.15) is 18.0 Å². The highest BCUT2D eigenvalue weighted by Gasteiger charge is 2.34. The lowest BCUT2D eigenvalue weighted by Crippen LogP contribution is -2.22. The van der Waals surface area contributed by atoms with Crippen LogP contribution in [0, 0.1) is 0 Å². The fourth-order valence-corrected chi connectivity index (χ4v) is 2.49. The number of hydrogen-bond acceptors (Lipinski definition) is 3. The summed E-state index contributed by atoms with van der Waals surface area (Å²) in [4.78, 5) is 5.85. The molecule has 2 aromatic carbocycles. The third-order valence-electron chi connectivity index (χ3n) is 3.43. The van der Waals surface area contributed by atoms with Gasteiger partial charge in [0.1, 0.15) is 6.10 Å². The lowest BCUT2D eigenvalue weighted by atomic mass is 10.0. The summed E-state index contributed by atoms with van der Waals surface area (Å²) >= 11 is 0.